The Bertz CT molecular complexity index is 1150. The Hall–Kier alpha value is -3.48. The van der Waals surface area contributed by atoms with E-state index in [2.05, 4.69) is 54.2 Å². The van der Waals surface area contributed by atoms with Crippen LogP contribution in [0.3, 0.4) is 0 Å². The zero-order valence-corrected chi connectivity index (χ0v) is 18.7. The van der Waals surface area contributed by atoms with Gasteiger partial charge in [0.15, 0.2) is 0 Å². The molecule has 0 saturated carbocycles. The van der Waals surface area contributed by atoms with Crippen molar-refractivity contribution in [1.29, 1.82) is 0 Å². The van der Waals surface area contributed by atoms with Crippen LogP contribution in [0, 0.1) is 12.8 Å². The van der Waals surface area contributed by atoms with Crippen molar-refractivity contribution in [1.82, 2.24) is 10.9 Å². The summed E-state index contributed by atoms with van der Waals surface area (Å²) in [6.45, 7) is 4.16. The minimum absolute atomic E-state index is 0.00709. The highest BCUT2D eigenvalue weighted by molar-refractivity contribution is 6.02. The molecule has 3 aromatic carbocycles. The number of aryl methyl sites for hydroxylation is 1. The Morgan fingerprint density at radius 1 is 0.879 bits per heavy atom. The van der Waals surface area contributed by atoms with Crippen molar-refractivity contribution in [2.24, 2.45) is 5.92 Å². The molecule has 3 aromatic rings. The maximum atomic E-state index is 13.7. The number of nitrogens with one attached hydrogen (secondary N) is 2. The van der Waals surface area contributed by atoms with Crippen molar-refractivity contribution in [2.45, 2.75) is 32.0 Å². The van der Waals surface area contributed by atoms with Gasteiger partial charge in [0.2, 0.25) is 5.91 Å². The first-order valence-electron chi connectivity index (χ1n) is 11.3. The second kappa shape index (κ2) is 8.81. The van der Waals surface area contributed by atoms with Gasteiger partial charge in [0.1, 0.15) is 6.04 Å². The summed E-state index contributed by atoms with van der Waals surface area (Å²) >= 11 is 0. The molecule has 2 saturated heterocycles. The zero-order chi connectivity index (χ0) is 22.9. The molecule has 33 heavy (non-hydrogen) atoms. The van der Waals surface area contributed by atoms with Crippen LogP contribution in [0.2, 0.25) is 0 Å². The maximum absolute atomic E-state index is 13.7. The molecule has 2 aliphatic heterocycles. The van der Waals surface area contributed by atoms with Crippen molar-refractivity contribution in [3.63, 3.8) is 0 Å². The predicted molar refractivity (Wildman–Crippen MR) is 127 cm³/mol. The molecular weight excluding hydrogens is 414 g/mol. The molecular formula is C27H27N3O3. The third-order valence-corrected chi connectivity index (χ3v) is 6.54. The van der Waals surface area contributed by atoms with E-state index in [1.807, 2.05) is 35.2 Å². The Kier molecular flexibility index (Phi) is 5.70. The van der Waals surface area contributed by atoms with Crippen LogP contribution in [0.25, 0.3) is 0 Å². The first-order valence-corrected chi connectivity index (χ1v) is 11.3. The molecule has 0 radical (unpaired) electrons. The van der Waals surface area contributed by atoms with Gasteiger partial charge >= 0.3 is 5.97 Å². The molecule has 0 bridgehead atoms. The fourth-order valence-electron chi connectivity index (χ4n) is 4.98. The molecule has 4 unspecified atom stereocenters. The van der Waals surface area contributed by atoms with Gasteiger partial charge in [0, 0.05) is 11.6 Å². The van der Waals surface area contributed by atoms with Crippen LogP contribution in [0.4, 0.5) is 5.69 Å². The standard InChI is InChI=1S/C27H27N3O3/c1-3-33-27(32)20-13-15-21(16-14-20)30-25(19-11-9-17(2)10-12-19)22-23(18-7-5-4-6-8-18)28-29-24(22)26(30)31/h4-16,22-25,28-29H,3H2,1-2H3. The average Bonchev–Trinajstić information content (AvgIpc) is 3.39. The van der Waals surface area contributed by atoms with Crippen molar-refractivity contribution < 1.29 is 14.3 Å². The van der Waals surface area contributed by atoms with Crippen LogP contribution < -0.4 is 15.8 Å². The monoisotopic (exact) mass is 441 g/mol. The van der Waals surface area contributed by atoms with Gasteiger partial charge in [0.05, 0.1) is 24.3 Å². The first-order chi connectivity index (χ1) is 16.1. The van der Waals surface area contributed by atoms with Crippen molar-refractivity contribution >= 4 is 17.6 Å². The van der Waals surface area contributed by atoms with Gasteiger partial charge in [-0.2, -0.15) is 0 Å². The third-order valence-electron chi connectivity index (χ3n) is 6.54. The number of hydrogen-bond acceptors (Lipinski definition) is 5. The van der Waals surface area contributed by atoms with Crippen molar-refractivity contribution in [3.05, 3.63) is 101 Å². The fraction of sp³-hybridized carbons (Fsp3) is 0.259. The summed E-state index contributed by atoms with van der Waals surface area (Å²) < 4.78 is 5.10. The highest BCUT2D eigenvalue weighted by Crippen LogP contribution is 2.48. The minimum Gasteiger partial charge on any atom is -0.462 e. The van der Waals surface area contributed by atoms with Crippen LogP contribution >= 0.6 is 0 Å². The summed E-state index contributed by atoms with van der Waals surface area (Å²) in [5.74, 6) is -0.355. The molecule has 5 rings (SSSR count). The maximum Gasteiger partial charge on any atom is 0.338 e. The Morgan fingerprint density at radius 3 is 2.21 bits per heavy atom. The second-order valence-corrected chi connectivity index (χ2v) is 8.56. The third kappa shape index (κ3) is 3.81. The van der Waals surface area contributed by atoms with Gasteiger partial charge in [-0.05, 0) is 49.2 Å². The van der Waals surface area contributed by atoms with Crippen LogP contribution in [0.15, 0.2) is 78.9 Å². The van der Waals surface area contributed by atoms with Crippen molar-refractivity contribution in [3.8, 4) is 0 Å². The van der Waals surface area contributed by atoms with Crippen molar-refractivity contribution in [2.75, 3.05) is 11.5 Å². The van der Waals surface area contributed by atoms with E-state index in [0.29, 0.717) is 12.2 Å². The fourth-order valence-corrected chi connectivity index (χ4v) is 4.98. The number of rotatable bonds is 5. The first kappa shape index (κ1) is 21.4. The van der Waals surface area contributed by atoms with Crippen LogP contribution in [-0.2, 0) is 9.53 Å². The van der Waals surface area contributed by atoms with E-state index < -0.39 is 0 Å². The average molecular weight is 442 g/mol. The van der Waals surface area contributed by atoms with E-state index in [9.17, 15) is 9.59 Å². The highest BCUT2D eigenvalue weighted by Gasteiger charge is 2.55. The lowest BCUT2D eigenvalue weighted by atomic mass is 9.83. The largest absolute Gasteiger partial charge is 0.462 e. The van der Waals surface area contributed by atoms with E-state index in [4.69, 9.17) is 4.74 Å². The highest BCUT2D eigenvalue weighted by atomic mass is 16.5. The summed E-state index contributed by atoms with van der Waals surface area (Å²) in [5, 5.41) is 0. The van der Waals surface area contributed by atoms with Crippen LogP contribution in [-0.4, -0.2) is 24.5 Å². The van der Waals surface area contributed by atoms with Gasteiger partial charge < -0.3 is 9.64 Å². The topological polar surface area (TPSA) is 70.7 Å². The lowest BCUT2D eigenvalue weighted by molar-refractivity contribution is -0.119. The Morgan fingerprint density at radius 2 is 1.55 bits per heavy atom. The van der Waals surface area contributed by atoms with Gasteiger partial charge in [-0.3, -0.25) is 4.79 Å². The van der Waals surface area contributed by atoms with E-state index in [-0.39, 0.29) is 35.9 Å². The lowest BCUT2D eigenvalue weighted by Crippen LogP contribution is -2.41. The number of esters is 1. The summed E-state index contributed by atoms with van der Waals surface area (Å²) in [4.78, 5) is 27.6. The molecule has 0 aliphatic carbocycles. The number of ether oxygens (including phenoxy) is 1. The number of anilines is 1. The quantitative estimate of drug-likeness (QED) is 0.584. The summed E-state index contributed by atoms with van der Waals surface area (Å²) in [6, 6.07) is 25.2. The molecule has 6 nitrogen and oxygen atoms in total. The number of carbonyl (C=O) groups excluding carboxylic acids is 2. The molecule has 2 heterocycles. The molecule has 1 amide bonds. The number of benzene rings is 3. The summed E-state index contributed by atoms with van der Waals surface area (Å²) in [7, 11) is 0. The number of hydrogen-bond donors (Lipinski definition) is 2. The predicted octanol–water partition coefficient (Wildman–Crippen LogP) is 4.09. The number of nitrogens with zero attached hydrogens (tertiary/aromatic N) is 1. The second-order valence-electron chi connectivity index (χ2n) is 8.56. The smallest absolute Gasteiger partial charge is 0.338 e. The van der Waals surface area contributed by atoms with Crippen LogP contribution in [0.1, 0.15) is 46.1 Å². The lowest BCUT2D eigenvalue weighted by Gasteiger charge is -2.31. The number of fused-ring (bicyclic) bond motifs is 1. The van der Waals surface area contributed by atoms with Gasteiger partial charge in [-0.15, -0.1) is 0 Å². The molecule has 168 valence electrons. The van der Waals surface area contributed by atoms with E-state index in [1.165, 1.54) is 5.56 Å². The number of hydrazine groups is 1. The van der Waals surface area contributed by atoms with E-state index in [0.717, 1.165) is 16.8 Å². The summed E-state index contributed by atoms with van der Waals surface area (Å²) in [6.07, 6.45) is 0. The molecule has 0 aromatic heterocycles. The van der Waals surface area contributed by atoms with Gasteiger partial charge in [-0.25, -0.2) is 15.6 Å². The molecule has 4 atom stereocenters. The van der Waals surface area contributed by atoms with E-state index in [1.54, 1.807) is 19.1 Å². The SMILES string of the molecule is CCOC(=O)c1ccc(N2C(=O)C3NNC(c4ccccc4)C3C2c2ccc(C)cc2)cc1. The molecule has 6 heteroatoms. The van der Waals surface area contributed by atoms with E-state index >= 15 is 0 Å². The minimum atomic E-state index is -0.362. The molecule has 0 spiro atoms. The molecule has 2 N–H and O–H groups in total. The summed E-state index contributed by atoms with van der Waals surface area (Å²) in [5.41, 5.74) is 11.3. The molecule has 2 aliphatic rings. The molecule has 2 fully saturated rings. The normalized spacial score (nSPS) is 24.1. The number of amides is 1. The Balaban J connectivity index is 1.56. The van der Waals surface area contributed by atoms with Gasteiger partial charge in [0.25, 0.3) is 0 Å². The van der Waals surface area contributed by atoms with Crippen LogP contribution in [0.5, 0.6) is 0 Å². The zero-order valence-electron chi connectivity index (χ0n) is 18.7. The van der Waals surface area contributed by atoms with Gasteiger partial charge in [-0.1, -0.05) is 60.2 Å². The number of carbonyl (C=O) groups is 2. The Labute approximate surface area is 193 Å².